The van der Waals surface area contributed by atoms with Gasteiger partial charge in [0.1, 0.15) is 6.61 Å². The molecule has 0 bridgehead atoms. The van der Waals surface area contributed by atoms with E-state index >= 15 is 0 Å². The fraction of sp³-hybridized carbons (Fsp3) is 0.333. The quantitative estimate of drug-likeness (QED) is 0.697. The first-order valence-corrected chi connectivity index (χ1v) is 12.2. The van der Waals surface area contributed by atoms with Crippen molar-refractivity contribution >= 4 is 45.2 Å². The smallest absolute Gasteiger partial charge is 0.410 e. The molecule has 32 heavy (non-hydrogen) atoms. The zero-order valence-electron chi connectivity index (χ0n) is 16.9. The highest BCUT2D eigenvalue weighted by molar-refractivity contribution is 7.89. The molecule has 0 aliphatic carbocycles. The van der Waals surface area contributed by atoms with E-state index < -0.39 is 16.1 Å². The maximum atomic E-state index is 12.8. The highest BCUT2D eigenvalue weighted by atomic mass is 35.5. The van der Waals surface area contributed by atoms with Crippen LogP contribution in [-0.4, -0.2) is 56.4 Å². The number of halogens is 2. The Morgan fingerprint density at radius 2 is 1.47 bits per heavy atom. The molecule has 0 unspecified atom stereocenters. The molecule has 2 aliphatic heterocycles. The summed E-state index contributed by atoms with van der Waals surface area (Å²) in [5, 5.41) is 6.05. The Kier molecular flexibility index (Phi) is 6.35. The number of sulfonamides is 1. The third kappa shape index (κ3) is 5.01. The Balaban J connectivity index is 1.30. The topological polar surface area (TPSA) is 110 Å². The van der Waals surface area contributed by atoms with Crippen molar-refractivity contribution in [3.63, 3.8) is 0 Å². The molecular formula is C21H21Cl2N3O5S. The Bertz CT molecular complexity index is 1120. The fourth-order valence-corrected chi connectivity index (χ4v) is 5.30. The van der Waals surface area contributed by atoms with E-state index in [9.17, 15) is 18.0 Å². The number of hydrogen-bond acceptors (Lipinski definition) is 5. The predicted molar refractivity (Wildman–Crippen MR) is 119 cm³/mol. The summed E-state index contributed by atoms with van der Waals surface area (Å²) in [6.07, 6.45) is -0.410. The van der Waals surface area contributed by atoms with Crippen LogP contribution in [0.25, 0.3) is 0 Å². The average molecular weight is 498 g/mol. The summed E-state index contributed by atoms with van der Waals surface area (Å²) in [7, 11) is -3.81. The minimum Gasteiger partial charge on any atom is -0.445 e. The number of benzene rings is 2. The van der Waals surface area contributed by atoms with Crippen molar-refractivity contribution in [2.75, 3.05) is 26.2 Å². The number of fused-ring (bicyclic) bond motifs is 1. The Labute approximate surface area is 195 Å². The molecule has 0 aromatic heterocycles. The molecule has 0 radical (unpaired) electrons. The normalized spacial score (nSPS) is 20.3. The van der Waals surface area contributed by atoms with Crippen LogP contribution in [0.5, 0.6) is 0 Å². The monoisotopic (exact) mass is 497 g/mol. The molecule has 2 heterocycles. The molecule has 4 rings (SSSR count). The number of ether oxygens (including phenoxy) is 1. The van der Waals surface area contributed by atoms with E-state index in [2.05, 4.69) is 0 Å². The molecule has 2 amide bonds. The number of nitrogens with zero attached hydrogens (tertiary/aromatic N) is 2. The molecule has 2 aromatic rings. The molecule has 2 N–H and O–H groups in total. The van der Waals surface area contributed by atoms with Gasteiger partial charge in [-0.1, -0.05) is 23.2 Å². The van der Waals surface area contributed by atoms with Gasteiger partial charge in [0.2, 0.25) is 10.0 Å². The van der Waals surface area contributed by atoms with Crippen LogP contribution in [0.3, 0.4) is 0 Å². The van der Waals surface area contributed by atoms with Crippen LogP contribution in [0.2, 0.25) is 10.0 Å². The maximum absolute atomic E-state index is 12.8. The van der Waals surface area contributed by atoms with E-state index in [4.69, 9.17) is 33.1 Å². The van der Waals surface area contributed by atoms with Gasteiger partial charge in [-0.25, -0.2) is 18.4 Å². The fourth-order valence-electron chi connectivity index (χ4n) is 4.21. The van der Waals surface area contributed by atoms with Crippen LogP contribution in [-0.2, 0) is 21.4 Å². The number of carbonyl (C=O) groups is 2. The van der Waals surface area contributed by atoms with Gasteiger partial charge >= 0.3 is 6.09 Å². The molecule has 0 saturated carbocycles. The first kappa shape index (κ1) is 22.8. The van der Waals surface area contributed by atoms with Crippen LogP contribution >= 0.6 is 23.2 Å². The van der Waals surface area contributed by atoms with Crippen LogP contribution in [0.1, 0.15) is 15.9 Å². The molecule has 2 aromatic carbocycles. The van der Waals surface area contributed by atoms with Gasteiger partial charge in [0.05, 0.1) is 4.90 Å². The molecule has 8 nitrogen and oxygen atoms in total. The first-order valence-electron chi connectivity index (χ1n) is 9.89. The molecule has 2 aliphatic rings. The number of likely N-dealkylation sites (tertiary alicyclic amines) is 2. The van der Waals surface area contributed by atoms with Crippen molar-refractivity contribution in [2.24, 2.45) is 17.0 Å². The highest BCUT2D eigenvalue weighted by Crippen LogP contribution is 2.32. The third-order valence-electron chi connectivity index (χ3n) is 5.75. The molecular weight excluding hydrogens is 477 g/mol. The standard InChI is InChI=1S/C21H21Cl2N3O5S/c22-17-5-13(6-18(23)7-17)12-31-21(28)26-10-15-8-25(9-16(15)11-26)20(27)14-1-3-19(4-2-14)32(24,29)30/h1-7,15-16H,8-12H2,(H2,24,29,30)/t15-,16-/m0/s1. The second-order valence-corrected chi connectivity index (χ2v) is 10.5. The van der Waals surface area contributed by atoms with Crippen molar-refractivity contribution in [1.29, 1.82) is 0 Å². The van der Waals surface area contributed by atoms with Crippen molar-refractivity contribution in [1.82, 2.24) is 9.80 Å². The van der Waals surface area contributed by atoms with Gasteiger partial charge in [-0.15, -0.1) is 0 Å². The van der Waals surface area contributed by atoms with Gasteiger partial charge in [-0.2, -0.15) is 0 Å². The van der Waals surface area contributed by atoms with Gasteiger partial charge in [0.15, 0.2) is 0 Å². The van der Waals surface area contributed by atoms with E-state index in [1.807, 2.05) is 0 Å². The number of carbonyl (C=O) groups excluding carboxylic acids is 2. The summed E-state index contributed by atoms with van der Waals surface area (Å²) < 4.78 is 28.1. The van der Waals surface area contributed by atoms with Gasteiger partial charge < -0.3 is 14.5 Å². The lowest BCUT2D eigenvalue weighted by atomic mass is 10.0. The summed E-state index contributed by atoms with van der Waals surface area (Å²) in [5.74, 6) is 0.152. The second kappa shape index (κ2) is 8.90. The molecule has 170 valence electrons. The number of primary sulfonamides is 1. The zero-order chi connectivity index (χ0) is 23.0. The average Bonchev–Trinajstić information content (AvgIpc) is 3.30. The Morgan fingerprint density at radius 1 is 0.938 bits per heavy atom. The van der Waals surface area contributed by atoms with Crippen LogP contribution < -0.4 is 5.14 Å². The summed E-state index contributed by atoms with van der Waals surface area (Å²) in [5.41, 5.74) is 1.11. The van der Waals surface area contributed by atoms with Gasteiger partial charge in [-0.05, 0) is 48.0 Å². The highest BCUT2D eigenvalue weighted by Gasteiger charge is 2.43. The van der Waals surface area contributed by atoms with Crippen LogP contribution in [0, 0.1) is 11.8 Å². The van der Waals surface area contributed by atoms with Gasteiger partial charge in [0.25, 0.3) is 5.91 Å². The van der Waals surface area contributed by atoms with Crippen molar-refractivity contribution in [3.05, 3.63) is 63.6 Å². The molecule has 11 heteroatoms. The molecule has 2 saturated heterocycles. The second-order valence-electron chi connectivity index (χ2n) is 8.04. The summed E-state index contributed by atoms with van der Waals surface area (Å²) in [4.78, 5) is 28.6. The Hall–Kier alpha value is -2.33. The Morgan fingerprint density at radius 3 is 2.00 bits per heavy atom. The maximum Gasteiger partial charge on any atom is 0.410 e. The van der Waals surface area contributed by atoms with Crippen molar-refractivity contribution in [3.8, 4) is 0 Å². The van der Waals surface area contributed by atoms with E-state index in [-0.39, 0.29) is 29.2 Å². The van der Waals surface area contributed by atoms with Crippen LogP contribution in [0.4, 0.5) is 4.79 Å². The largest absolute Gasteiger partial charge is 0.445 e. The van der Waals surface area contributed by atoms with Crippen LogP contribution in [0.15, 0.2) is 47.4 Å². The SMILES string of the molecule is NS(=O)(=O)c1ccc(C(=O)N2C[C@H]3CN(C(=O)OCc4cc(Cl)cc(Cl)c4)C[C@@H]3C2)cc1. The van der Waals surface area contributed by atoms with Crippen molar-refractivity contribution < 1.29 is 22.7 Å². The lowest BCUT2D eigenvalue weighted by Gasteiger charge is -2.21. The summed E-state index contributed by atoms with van der Waals surface area (Å²) in [6, 6.07) is 10.6. The predicted octanol–water partition coefficient (Wildman–Crippen LogP) is 2.98. The van der Waals surface area contributed by atoms with Gasteiger partial charge in [-0.3, -0.25) is 4.79 Å². The van der Waals surface area contributed by atoms with E-state index in [1.165, 1.54) is 24.3 Å². The lowest BCUT2D eigenvalue weighted by molar-refractivity contribution is 0.0764. The first-order chi connectivity index (χ1) is 15.1. The summed E-state index contributed by atoms with van der Waals surface area (Å²) >= 11 is 11.9. The zero-order valence-corrected chi connectivity index (χ0v) is 19.2. The minimum absolute atomic E-state index is 0.0402. The molecule has 2 fully saturated rings. The molecule has 2 atom stereocenters. The molecule has 0 spiro atoms. The van der Waals surface area contributed by atoms with E-state index in [0.29, 0.717) is 47.4 Å². The van der Waals surface area contributed by atoms with E-state index in [1.54, 1.807) is 28.0 Å². The third-order valence-corrected chi connectivity index (χ3v) is 7.11. The van der Waals surface area contributed by atoms with Gasteiger partial charge in [0, 0.05) is 53.6 Å². The lowest BCUT2D eigenvalue weighted by Crippen LogP contribution is -2.35. The number of nitrogens with two attached hydrogens (primary N) is 1. The number of hydrogen-bond donors (Lipinski definition) is 1. The number of amides is 2. The minimum atomic E-state index is -3.81. The van der Waals surface area contributed by atoms with Crippen molar-refractivity contribution in [2.45, 2.75) is 11.5 Å². The number of rotatable bonds is 4. The van der Waals surface area contributed by atoms with E-state index in [0.717, 1.165) is 0 Å². The summed E-state index contributed by atoms with van der Waals surface area (Å²) in [6.45, 7) is 2.13.